The van der Waals surface area contributed by atoms with Crippen molar-refractivity contribution in [2.24, 2.45) is 0 Å². The van der Waals surface area contributed by atoms with E-state index in [1.165, 1.54) is 26.3 Å². The molecule has 0 bridgehead atoms. The number of carbonyl (C=O) groups excluding carboxylic acids is 3. The van der Waals surface area contributed by atoms with E-state index in [1.54, 1.807) is 30.3 Å². The summed E-state index contributed by atoms with van der Waals surface area (Å²) in [4.78, 5) is 37.4. The lowest BCUT2D eigenvalue weighted by Crippen LogP contribution is -2.37. The quantitative estimate of drug-likeness (QED) is 0.689. The lowest BCUT2D eigenvalue weighted by molar-refractivity contribution is -0.136. The highest BCUT2D eigenvalue weighted by atomic mass is 35.5. The van der Waals surface area contributed by atoms with E-state index in [9.17, 15) is 14.4 Å². The van der Waals surface area contributed by atoms with Crippen LogP contribution in [0.25, 0.3) is 0 Å². The van der Waals surface area contributed by atoms with Crippen molar-refractivity contribution in [3.63, 3.8) is 0 Å². The monoisotopic (exact) mass is 424 g/mol. The minimum absolute atomic E-state index is 0.0487. The Hall–Kier alpha value is -2.77. The van der Waals surface area contributed by atoms with Crippen molar-refractivity contribution in [1.82, 2.24) is 4.90 Å². The van der Waals surface area contributed by atoms with Gasteiger partial charge in [-0.1, -0.05) is 35.3 Å². The van der Waals surface area contributed by atoms with Crippen LogP contribution in [-0.4, -0.2) is 50.0 Å². The van der Waals surface area contributed by atoms with Crippen LogP contribution in [0.2, 0.25) is 10.0 Å². The minimum Gasteiger partial charge on any atom is -0.497 e. The topological polar surface area (TPSA) is 84.9 Å². The third kappa shape index (κ3) is 5.87. The number of halogens is 2. The zero-order chi connectivity index (χ0) is 20.7. The molecule has 7 nitrogen and oxygen atoms in total. The summed E-state index contributed by atoms with van der Waals surface area (Å²) in [6, 6.07) is 11.3. The number of hydrogen-bond donors (Lipinski definition) is 1. The number of methoxy groups -OCH3 is 1. The summed E-state index contributed by atoms with van der Waals surface area (Å²) < 4.78 is 10.0. The van der Waals surface area contributed by atoms with Gasteiger partial charge in [-0.05, 0) is 24.3 Å². The smallest absolute Gasteiger partial charge is 0.340 e. The van der Waals surface area contributed by atoms with E-state index in [2.05, 4.69) is 5.32 Å². The van der Waals surface area contributed by atoms with Gasteiger partial charge in [-0.3, -0.25) is 9.59 Å². The largest absolute Gasteiger partial charge is 0.497 e. The average Bonchev–Trinajstić information content (AvgIpc) is 2.67. The molecule has 2 rings (SSSR count). The van der Waals surface area contributed by atoms with Crippen molar-refractivity contribution in [1.29, 1.82) is 0 Å². The van der Waals surface area contributed by atoms with Gasteiger partial charge in [0.2, 0.25) is 5.91 Å². The molecule has 0 radical (unpaired) electrons. The maximum atomic E-state index is 12.1. The van der Waals surface area contributed by atoms with Gasteiger partial charge in [-0.2, -0.15) is 0 Å². The second-order valence-electron chi connectivity index (χ2n) is 5.71. The summed E-state index contributed by atoms with van der Waals surface area (Å²) in [6.45, 7) is -0.754. The van der Waals surface area contributed by atoms with Gasteiger partial charge in [0.15, 0.2) is 6.61 Å². The van der Waals surface area contributed by atoms with Gasteiger partial charge in [-0.25, -0.2) is 4.79 Å². The van der Waals surface area contributed by atoms with Crippen molar-refractivity contribution >= 4 is 46.7 Å². The first kappa shape index (κ1) is 21.5. The van der Waals surface area contributed by atoms with Gasteiger partial charge in [0, 0.05) is 18.8 Å². The molecule has 0 spiro atoms. The van der Waals surface area contributed by atoms with Crippen molar-refractivity contribution < 1.29 is 23.9 Å². The number of carbonyl (C=O) groups is 3. The lowest BCUT2D eigenvalue weighted by atomic mass is 10.2. The molecule has 28 heavy (non-hydrogen) atoms. The normalized spacial score (nSPS) is 10.1. The number of benzene rings is 2. The predicted octanol–water partition coefficient (Wildman–Crippen LogP) is 3.26. The summed E-state index contributed by atoms with van der Waals surface area (Å²) in [7, 11) is 2.94. The molecule has 0 aliphatic carbocycles. The third-order valence-corrected chi connectivity index (χ3v) is 4.48. The van der Waals surface area contributed by atoms with Crippen LogP contribution in [0.3, 0.4) is 0 Å². The summed E-state index contributed by atoms with van der Waals surface area (Å²) in [5, 5.41) is 2.91. The number of hydrogen-bond acceptors (Lipinski definition) is 5. The molecule has 148 valence electrons. The Morgan fingerprint density at radius 3 is 2.54 bits per heavy atom. The molecule has 0 fully saturated rings. The van der Waals surface area contributed by atoms with Crippen LogP contribution in [-0.2, 0) is 14.3 Å². The summed E-state index contributed by atoms with van der Waals surface area (Å²) in [6.07, 6.45) is 0. The number of ether oxygens (including phenoxy) is 2. The number of esters is 1. The number of rotatable bonds is 7. The van der Waals surface area contributed by atoms with Crippen molar-refractivity contribution in [3.05, 3.63) is 58.1 Å². The van der Waals surface area contributed by atoms with Crippen LogP contribution in [0, 0.1) is 0 Å². The molecule has 0 unspecified atom stereocenters. The van der Waals surface area contributed by atoms with Crippen LogP contribution < -0.4 is 10.1 Å². The maximum absolute atomic E-state index is 12.1. The van der Waals surface area contributed by atoms with Crippen LogP contribution in [0.1, 0.15) is 10.4 Å². The molecule has 2 amide bonds. The highest BCUT2D eigenvalue weighted by molar-refractivity contribution is 6.43. The summed E-state index contributed by atoms with van der Waals surface area (Å²) in [5.74, 6) is -1.15. The Morgan fingerprint density at radius 2 is 1.82 bits per heavy atom. The van der Waals surface area contributed by atoms with Gasteiger partial charge in [0.25, 0.3) is 5.91 Å². The molecule has 9 heteroatoms. The van der Waals surface area contributed by atoms with Crippen LogP contribution >= 0.6 is 23.2 Å². The Bertz CT molecular complexity index is 888. The Labute approximate surface area is 172 Å². The number of anilines is 1. The van der Waals surface area contributed by atoms with E-state index in [0.29, 0.717) is 11.4 Å². The number of nitrogens with one attached hydrogen (secondary N) is 1. The highest BCUT2D eigenvalue weighted by Gasteiger charge is 2.18. The number of nitrogens with zero attached hydrogens (tertiary/aromatic N) is 1. The van der Waals surface area contributed by atoms with Crippen LogP contribution in [0.15, 0.2) is 42.5 Å². The van der Waals surface area contributed by atoms with Crippen LogP contribution in [0.4, 0.5) is 5.69 Å². The zero-order valence-electron chi connectivity index (χ0n) is 15.2. The minimum atomic E-state index is -0.782. The zero-order valence-corrected chi connectivity index (χ0v) is 16.7. The Kier molecular flexibility index (Phi) is 7.66. The SMILES string of the molecule is COc1cccc(NC(=O)CN(C)C(=O)COC(=O)c2cccc(Cl)c2Cl)c1. The summed E-state index contributed by atoms with van der Waals surface area (Å²) >= 11 is 11.8. The molecule has 0 atom stereocenters. The molecule has 0 aliphatic rings. The fourth-order valence-electron chi connectivity index (χ4n) is 2.18. The Balaban J connectivity index is 1.85. The molecular weight excluding hydrogens is 407 g/mol. The van der Waals surface area contributed by atoms with Gasteiger partial charge in [0.05, 0.1) is 29.3 Å². The first-order valence-corrected chi connectivity index (χ1v) is 8.86. The van der Waals surface area contributed by atoms with Gasteiger partial charge in [-0.15, -0.1) is 0 Å². The molecule has 0 aromatic heterocycles. The first-order valence-electron chi connectivity index (χ1n) is 8.11. The van der Waals surface area contributed by atoms with Gasteiger partial charge in [0.1, 0.15) is 5.75 Å². The number of amides is 2. The van der Waals surface area contributed by atoms with E-state index in [0.717, 1.165) is 4.90 Å². The van der Waals surface area contributed by atoms with E-state index >= 15 is 0 Å². The van der Waals surface area contributed by atoms with Crippen molar-refractivity contribution in [2.45, 2.75) is 0 Å². The maximum Gasteiger partial charge on any atom is 0.340 e. The van der Waals surface area contributed by atoms with E-state index in [1.807, 2.05) is 0 Å². The third-order valence-electron chi connectivity index (χ3n) is 3.66. The molecule has 2 aromatic rings. The van der Waals surface area contributed by atoms with E-state index in [-0.39, 0.29) is 22.2 Å². The van der Waals surface area contributed by atoms with Crippen molar-refractivity contribution in [2.75, 3.05) is 32.6 Å². The van der Waals surface area contributed by atoms with E-state index in [4.69, 9.17) is 32.7 Å². The fraction of sp³-hybridized carbons (Fsp3) is 0.211. The second kappa shape index (κ2) is 9.96. The van der Waals surface area contributed by atoms with E-state index < -0.39 is 24.4 Å². The molecular formula is C19H18Cl2N2O5. The van der Waals surface area contributed by atoms with Gasteiger partial charge >= 0.3 is 5.97 Å². The average molecular weight is 425 g/mol. The molecule has 0 saturated heterocycles. The standard InChI is InChI=1S/C19H18Cl2N2O5/c1-23(10-16(24)22-12-5-3-6-13(9-12)27-2)17(25)11-28-19(26)14-7-4-8-15(20)18(14)21/h3-9H,10-11H2,1-2H3,(H,22,24). The van der Waals surface area contributed by atoms with Gasteiger partial charge < -0.3 is 19.7 Å². The Morgan fingerprint density at radius 1 is 1.11 bits per heavy atom. The molecule has 1 N–H and O–H groups in total. The predicted molar refractivity (Wildman–Crippen MR) is 106 cm³/mol. The summed E-state index contributed by atoms with van der Waals surface area (Å²) in [5.41, 5.74) is 0.590. The first-order chi connectivity index (χ1) is 13.3. The van der Waals surface area contributed by atoms with Crippen molar-refractivity contribution in [3.8, 4) is 5.75 Å². The molecule has 0 saturated carbocycles. The molecule has 0 heterocycles. The second-order valence-corrected chi connectivity index (χ2v) is 6.49. The molecule has 2 aromatic carbocycles. The fourth-order valence-corrected chi connectivity index (χ4v) is 2.56. The number of likely N-dealkylation sites (N-methyl/N-ethyl adjacent to an activating group) is 1. The van der Waals surface area contributed by atoms with Crippen LogP contribution in [0.5, 0.6) is 5.75 Å². The molecule has 0 aliphatic heterocycles. The highest BCUT2D eigenvalue weighted by Crippen LogP contribution is 2.26. The lowest BCUT2D eigenvalue weighted by Gasteiger charge is -2.17.